The fourth-order valence-electron chi connectivity index (χ4n) is 1.16. The molecule has 0 radical (unpaired) electrons. The molecule has 0 bridgehead atoms. The molecule has 1 unspecified atom stereocenters. The number of nitrogens with one attached hydrogen (secondary N) is 1. The molecule has 1 aromatic rings. The van der Waals surface area contributed by atoms with Crippen LogP contribution in [0.25, 0.3) is 0 Å². The van der Waals surface area contributed by atoms with Crippen LogP contribution in [-0.4, -0.2) is 28.3 Å². The predicted molar refractivity (Wildman–Crippen MR) is 61.4 cm³/mol. The first kappa shape index (κ1) is 13.0. The van der Waals surface area contributed by atoms with Crippen LogP contribution in [0, 0.1) is 0 Å². The largest absolute Gasteiger partial charge is 0.479 e. The molecular formula is C11H14ClNO3. The van der Waals surface area contributed by atoms with E-state index >= 15 is 0 Å². The van der Waals surface area contributed by atoms with Crippen LogP contribution in [0.3, 0.4) is 0 Å². The summed E-state index contributed by atoms with van der Waals surface area (Å²) in [6.07, 6.45) is 0. The van der Waals surface area contributed by atoms with Gasteiger partial charge in [0, 0.05) is 18.1 Å². The fraction of sp³-hybridized carbons (Fsp3) is 0.364. The number of aliphatic carboxylic acids is 1. The number of hydrogen-bond donors (Lipinski definition) is 3. The lowest BCUT2D eigenvalue weighted by Crippen LogP contribution is -2.44. The molecule has 1 rings (SSSR count). The summed E-state index contributed by atoms with van der Waals surface area (Å²) in [7, 11) is 0. The second kappa shape index (κ2) is 5.30. The highest BCUT2D eigenvalue weighted by Gasteiger charge is 2.29. The van der Waals surface area contributed by atoms with Gasteiger partial charge in [-0.1, -0.05) is 29.8 Å². The first-order valence-corrected chi connectivity index (χ1v) is 5.21. The summed E-state index contributed by atoms with van der Waals surface area (Å²) < 4.78 is 0. The average molecular weight is 244 g/mol. The van der Waals surface area contributed by atoms with Crippen molar-refractivity contribution in [2.24, 2.45) is 0 Å². The highest BCUT2D eigenvalue weighted by molar-refractivity contribution is 6.31. The maximum atomic E-state index is 10.6. The molecule has 0 saturated carbocycles. The van der Waals surface area contributed by atoms with Crippen molar-refractivity contribution in [1.29, 1.82) is 0 Å². The molecular weight excluding hydrogens is 230 g/mol. The smallest absolute Gasteiger partial charge is 0.336 e. The number of carboxylic acid groups (broad SMARTS) is 1. The standard InChI is InChI=1S/C11H14ClNO3/c1-11(16,10(14)15)7-13-6-8-4-2-3-5-9(8)12/h2-5,13,16H,6-7H2,1H3,(H,14,15). The van der Waals surface area contributed by atoms with Gasteiger partial charge in [0.1, 0.15) is 0 Å². The molecule has 0 spiro atoms. The summed E-state index contributed by atoms with van der Waals surface area (Å²) in [4.78, 5) is 10.6. The van der Waals surface area contributed by atoms with Crippen molar-refractivity contribution < 1.29 is 15.0 Å². The van der Waals surface area contributed by atoms with E-state index in [2.05, 4.69) is 5.32 Å². The van der Waals surface area contributed by atoms with Crippen molar-refractivity contribution in [3.63, 3.8) is 0 Å². The molecule has 0 amide bonds. The van der Waals surface area contributed by atoms with Crippen LogP contribution in [0.15, 0.2) is 24.3 Å². The number of hydrogen-bond acceptors (Lipinski definition) is 3. The van der Waals surface area contributed by atoms with Gasteiger partial charge in [-0.25, -0.2) is 4.79 Å². The first-order chi connectivity index (χ1) is 7.43. The summed E-state index contributed by atoms with van der Waals surface area (Å²) in [5.74, 6) is -1.25. The Morgan fingerprint density at radius 2 is 2.12 bits per heavy atom. The lowest BCUT2D eigenvalue weighted by atomic mass is 10.1. The summed E-state index contributed by atoms with van der Waals surface area (Å²) in [5, 5.41) is 21.6. The third kappa shape index (κ3) is 3.48. The molecule has 1 atom stereocenters. The molecule has 0 aromatic heterocycles. The van der Waals surface area contributed by atoms with E-state index in [-0.39, 0.29) is 6.54 Å². The first-order valence-electron chi connectivity index (χ1n) is 4.83. The Hall–Kier alpha value is -1.10. The van der Waals surface area contributed by atoms with E-state index in [0.717, 1.165) is 5.56 Å². The number of aliphatic hydroxyl groups is 1. The molecule has 0 saturated heterocycles. The third-order valence-electron chi connectivity index (χ3n) is 2.20. The molecule has 0 aliphatic carbocycles. The Bertz CT molecular complexity index is 379. The Kier molecular flexibility index (Phi) is 4.29. The van der Waals surface area contributed by atoms with Gasteiger partial charge in [0.2, 0.25) is 0 Å². The van der Waals surface area contributed by atoms with Crippen LogP contribution in [0.2, 0.25) is 5.02 Å². The minimum absolute atomic E-state index is 0.0342. The summed E-state index contributed by atoms with van der Waals surface area (Å²) in [6.45, 7) is 1.63. The molecule has 0 aliphatic heterocycles. The maximum absolute atomic E-state index is 10.6. The minimum atomic E-state index is -1.76. The van der Waals surface area contributed by atoms with Gasteiger partial charge in [-0.05, 0) is 18.6 Å². The maximum Gasteiger partial charge on any atom is 0.336 e. The van der Waals surface area contributed by atoms with Crippen molar-refractivity contribution in [2.75, 3.05) is 6.54 Å². The number of rotatable bonds is 5. The SMILES string of the molecule is CC(O)(CNCc1ccccc1Cl)C(=O)O. The average Bonchev–Trinajstić information content (AvgIpc) is 2.20. The van der Waals surface area contributed by atoms with Crippen molar-refractivity contribution in [1.82, 2.24) is 5.32 Å². The van der Waals surface area contributed by atoms with Crippen LogP contribution < -0.4 is 5.32 Å². The van der Waals surface area contributed by atoms with Gasteiger partial charge in [0.15, 0.2) is 5.60 Å². The second-order valence-electron chi connectivity index (χ2n) is 3.77. The summed E-state index contributed by atoms with van der Waals surface area (Å²) in [5.41, 5.74) is -0.897. The topological polar surface area (TPSA) is 69.6 Å². The zero-order valence-corrected chi connectivity index (χ0v) is 9.66. The normalized spacial score (nSPS) is 14.4. The van der Waals surface area contributed by atoms with Crippen LogP contribution in [0.1, 0.15) is 12.5 Å². The summed E-state index contributed by atoms with van der Waals surface area (Å²) >= 11 is 5.92. The molecule has 16 heavy (non-hydrogen) atoms. The second-order valence-corrected chi connectivity index (χ2v) is 4.18. The van der Waals surface area contributed by atoms with Gasteiger partial charge in [-0.15, -0.1) is 0 Å². The number of carboxylic acids is 1. The van der Waals surface area contributed by atoms with Crippen LogP contribution in [0.4, 0.5) is 0 Å². The zero-order chi connectivity index (χ0) is 12.2. The summed E-state index contributed by atoms with van der Waals surface area (Å²) in [6, 6.07) is 7.26. The monoisotopic (exact) mass is 243 g/mol. The van der Waals surface area contributed by atoms with Crippen LogP contribution in [-0.2, 0) is 11.3 Å². The quantitative estimate of drug-likeness (QED) is 0.728. The Morgan fingerprint density at radius 3 is 2.69 bits per heavy atom. The van der Waals surface area contributed by atoms with Gasteiger partial charge >= 0.3 is 5.97 Å². The van der Waals surface area contributed by atoms with Gasteiger partial charge in [-0.3, -0.25) is 0 Å². The molecule has 3 N–H and O–H groups in total. The molecule has 88 valence electrons. The molecule has 0 heterocycles. The van der Waals surface area contributed by atoms with Crippen molar-refractivity contribution in [3.8, 4) is 0 Å². The third-order valence-corrected chi connectivity index (χ3v) is 2.57. The van der Waals surface area contributed by atoms with Crippen molar-refractivity contribution in [2.45, 2.75) is 19.1 Å². The molecule has 4 nitrogen and oxygen atoms in total. The van der Waals surface area contributed by atoms with Gasteiger partial charge in [-0.2, -0.15) is 0 Å². The molecule has 0 fully saturated rings. The number of benzene rings is 1. The zero-order valence-electron chi connectivity index (χ0n) is 8.90. The Balaban J connectivity index is 2.48. The highest BCUT2D eigenvalue weighted by Crippen LogP contribution is 2.14. The number of carbonyl (C=O) groups is 1. The Morgan fingerprint density at radius 1 is 1.50 bits per heavy atom. The van der Waals surface area contributed by atoms with Gasteiger partial charge in [0.05, 0.1) is 0 Å². The van der Waals surface area contributed by atoms with Crippen LogP contribution in [0.5, 0.6) is 0 Å². The van der Waals surface area contributed by atoms with E-state index in [0.29, 0.717) is 11.6 Å². The number of halogens is 1. The molecule has 5 heteroatoms. The lowest BCUT2D eigenvalue weighted by molar-refractivity contribution is -0.156. The Labute approximate surface area is 98.9 Å². The fourth-order valence-corrected chi connectivity index (χ4v) is 1.36. The van der Waals surface area contributed by atoms with Crippen molar-refractivity contribution >= 4 is 17.6 Å². The van der Waals surface area contributed by atoms with E-state index in [9.17, 15) is 9.90 Å². The highest BCUT2D eigenvalue weighted by atomic mass is 35.5. The van der Waals surface area contributed by atoms with E-state index in [1.807, 2.05) is 18.2 Å². The van der Waals surface area contributed by atoms with E-state index < -0.39 is 11.6 Å². The molecule has 0 aliphatic rings. The van der Waals surface area contributed by atoms with E-state index in [4.69, 9.17) is 16.7 Å². The van der Waals surface area contributed by atoms with Crippen LogP contribution >= 0.6 is 11.6 Å². The van der Waals surface area contributed by atoms with Gasteiger partial charge in [0.25, 0.3) is 0 Å². The lowest BCUT2D eigenvalue weighted by Gasteiger charge is -2.18. The van der Waals surface area contributed by atoms with E-state index in [1.54, 1.807) is 6.07 Å². The van der Waals surface area contributed by atoms with E-state index in [1.165, 1.54) is 6.92 Å². The van der Waals surface area contributed by atoms with Crippen molar-refractivity contribution in [3.05, 3.63) is 34.9 Å². The van der Waals surface area contributed by atoms with Gasteiger partial charge < -0.3 is 15.5 Å². The molecule has 1 aromatic carbocycles. The minimum Gasteiger partial charge on any atom is -0.479 e. The predicted octanol–water partition coefficient (Wildman–Crippen LogP) is 1.27.